The summed E-state index contributed by atoms with van der Waals surface area (Å²) in [5.74, 6) is 1.77. The smallest absolute Gasteiger partial charge is 0.117 e. The van der Waals surface area contributed by atoms with Crippen molar-refractivity contribution in [2.45, 2.75) is 33.5 Å². The molecule has 0 unspecified atom stereocenters. The van der Waals surface area contributed by atoms with E-state index < -0.39 is 6.17 Å². The standard InChI is InChI=1S/C6H9NO.C3H7F/c1-5-2-3-6(4-7)8-5;1-3(2)4/h2-3H,4,7H2,1H3;3H,1-2H3. The van der Waals surface area contributed by atoms with Crippen molar-refractivity contribution in [1.29, 1.82) is 0 Å². The number of hydrogen-bond donors (Lipinski definition) is 1. The van der Waals surface area contributed by atoms with Crippen LogP contribution in [-0.2, 0) is 6.54 Å². The molecule has 1 aromatic heterocycles. The van der Waals surface area contributed by atoms with Crippen LogP contribution in [0, 0.1) is 6.92 Å². The Hall–Kier alpha value is -0.830. The second-order valence-corrected chi connectivity index (χ2v) is 2.73. The molecule has 12 heavy (non-hydrogen) atoms. The van der Waals surface area contributed by atoms with E-state index in [1.165, 1.54) is 13.8 Å². The first-order valence-electron chi connectivity index (χ1n) is 3.95. The Balaban J connectivity index is 0.000000261. The third-order valence-electron chi connectivity index (χ3n) is 0.997. The molecule has 0 saturated carbocycles. The minimum Gasteiger partial charge on any atom is -0.465 e. The summed E-state index contributed by atoms with van der Waals surface area (Å²) in [5, 5.41) is 0. The summed E-state index contributed by atoms with van der Waals surface area (Å²) in [4.78, 5) is 0. The summed E-state index contributed by atoms with van der Waals surface area (Å²) in [6.07, 6.45) is -0.667. The SMILES string of the molecule is CC(C)F.Cc1ccc(CN)o1. The molecule has 0 atom stereocenters. The number of alkyl halides is 1. The van der Waals surface area contributed by atoms with Crippen molar-refractivity contribution in [1.82, 2.24) is 0 Å². The zero-order valence-electron chi connectivity index (χ0n) is 7.80. The van der Waals surface area contributed by atoms with E-state index >= 15 is 0 Å². The Morgan fingerprint density at radius 1 is 1.50 bits per heavy atom. The molecule has 2 nitrogen and oxygen atoms in total. The van der Waals surface area contributed by atoms with Gasteiger partial charge in [0.05, 0.1) is 12.7 Å². The first-order chi connectivity index (χ1) is 5.56. The van der Waals surface area contributed by atoms with Gasteiger partial charge >= 0.3 is 0 Å². The maximum absolute atomic E-state index is 11.0. The number of furan rings is 1. The Bertz CT molecular complexity index is 205. The molecule has 0 saturated heterocycles. The first kappa shape index (κ1) is 11.2. The van der Waals surface area contributed by atoms with Crippen molar-refractivity contribution in [3.63, 3.8) is 0 Å². The lowest BCUT2D eigenvalue weighted by Crippen LogP contribution is -1.92. The molecule has 0 fully saturated rings. The van der Waals surface area contributed by atoms with Crippen LogP contribution in [0.1, 0.15) is 25.4 Å². The molecule has 0 bridgehead atoms. The van der Waals surface area contributed by atoms with Crippen LogP contribution in [0.4, 0.5) is 4.39 Å². The monoisotopic (exact) mass is 173 g/mol. The van der Waals surface area contributed by atoms with Crippen LogP contribution in [-0.4, -0.2) is 6.17 Å². The summed E-state index contributed by atoms with van der Waals surface area (Å²) >= 11 is 0. The molecule has 3 heteroatoms. The Morgan fingerprint density at radius 2 is 2.00 bits per heavy atom. The summed E-state index contributed by atoms with van der Waals surface area (Å²) in [5.41, 5.74) is 5.27. The molecule has 0 aliphatic rings. The van der Waals surface area contributed by atoms with Crippen LogP contribution in [0.15, 0.2) is 16.5 Å². The molecule has 0 aromatic carbocycles. The number of hydrogen-bond acceptors (Lipinski definition) is 2. The third-order valence-corrected chi connectivity index (χ3v) is 0.997. The van der Waals surface area contributed by atoms with Crippen LogP contribution >= 0.6 is 0 Å². The van der Waals surface area contributed by atoms with Crippen LogP contribution in [0.2, 0.25) is 0 Å². The topological polar surface area (TPSA) is 39.2 Å². The molecule has 1 aromatic rings. The first-order valence-corrected chi connectivity index (χ1v) is 3.95. The average Bonchev–Trinajstić information content (AvgIpc) is 2.34. The van der Waals surface area contributed by atoms with Gasteiger partial charge in [-0.2, -0.15) is 0 Å². The van der Waals surface area contributed by atoms with E-state index in [0.717, 1.165) is 11.5 Å². The molecule has 0 amide bonds. The van der Waals surface area contributed by atoms with Gasteiger partial charge in [0, 0.05) is 0 Å². The number of rotatable bonds is 1. The second kappa shape index (κ2) is 5.77. The van der Waals surface area contributed by atoms with E-state index in [1.54, 1.807) is 0 Å². The van der Waals surface area contributed by atoms with E-state index in [2.05, 4.69) is 0 Å². The van der Waals surface area contributed by atoms with Gasteiger partial charge < -0.3 is 10.2 Å². The van der Waals surface area contributed by atoms with Gasteiger partial charge in [-0.05, 0) is 32.9 Å². The minimum atomic E-state index is -0.667. The molecule has 70 valence electrons. The predicted octanol–water partition coefficient (Wildman–Crippen LogP) is 2.41. The van der Waals surface area contributed by atoms with E-state index in [0.29, 0.717) is 6.54 Å². The molecular formula is C9H16FNO. The Morgan fingerprint density at radius 3 is 2.17 bits per heavy atom. The maximum atomic E-state index is 11.0. The highest BCUT2D eigenvalue weighted by Crippen LogP contribution is 2.03. The van der Waals surface area contributed by atoms with Gasteiger partial charge in [-0.15, -0.1) is 0 Å². The fourth-order valence-electron chi connectivity index (χ4n) is 0.595. The highest BCUT2D eigenvalue weighted by Gasteiger charge is 1.91. The minimum absolute atomic E-state index is 0.494. The fraction of sp³-hybridized carbons (Fsp3) is 0.556. The largest absolute Gasteiger partial charge is 0.465 e. The Kier molecular flexibility index (Phi) is 5.37. The van der Waals surface area contributed by atoms with Crippen LogP contribution in [0.25, 0.3) is 0 Å². The maximum Gasteiger partial charge on any atom is 0.117 e. The molecule has 0 aliphatic carbocycles. The third kappa shape index (κ3) is 5.92. The number of nitrogens with two attached hydrogens (primary N) is 1. The van der Waals surface area contributed by atoms with Gasteiger partial charge in [0.2, 0.25) is 0 Å². The van der Waals surface area contributed by atoms with Crippen LogP contribution < -0.4 is 5.73 Å². The summed E-state index contributed by atoms with van der Waals surface area (Å²) < 4.78 is 16.1. The van der Waals surface area contributed by atoms with Crippen molar-refractivity contribution >= 4 is 0 Å². The van der Waals surface area contributed by atoms with Crippen molar-refractivity contribution in [3.8, 4) is 0 Å². The van der Waals surface area contributed by atoms with Gasteiger partial charge in [0.1, 0.15) is 11.5 Å². The predicted molar refractivity (Wildman–Crippen MR) is 47.6 cm³/mol. The van der Waals surface area contributed by atoms with E-state index in [-0.39, 0.29) is 0 Å². The van der Waals surface area contributed by atoms with Crippen molar-refractivity contribution in [2.24, 2.45) is 5.73 Å². The van der Waals surface area contributed by atoms with E-state index in [9.17, 15) is 4.39 Å². The molecular weight excluding hydrogens is 157 g/mol. The van der Waals surface area contributed by atoms with E-state index in [1.807, 2.05) is 19.1 Å². The molecule has 0 radical (unpaired) electrons. The van der Waals surface area contributed by atoms with Gasteiger partial charge in [0.25, 0.3) is 0 Å². The lowest BCUT2D eigenvalue weighted by molar-refractivity contribution is 0.391. The molecule has 0 spiro atoms. The van der Waals surface area contributed by atoms with E-state index in [4.69, 9.17) is 10.2 Å². The van der Waals surface area contributed by atoms with Crippen molar-refractivity contribution in [3.05, 3.63) is 23.7 Å². The highest BCUT2D eigenvalue weighted by molar-refractivity contribution is 5.04. The lowest BCUT2D eigenvalue weighted by atomic mass is 10.4. The molecule has 1 rings (SSSR count). The van der Waals surface area contributed by atoms with Gasteiger partial charge in [-0.25, -0.2) is 4.39 Å². The van der Waals surface area contributed by atoms with Crippen LogP contribution in [0.3, 0.4) is 0 Å². The second-order valence-electron chi connectivity index (χ2n) is 2.73. The molecule has 2 N–H and O–H groups in total. The molecule has 1 heterocycles. The number of aryl methyl sites for hydroxylation is 1. The normalized spacial score (nSPS) is 9.50. The fourth-order valence-corrected chi connectivity index (χ4v) is 0.595. The van der Waals surface area contributed by atoms with Gasteiger partial charge in [-0.3, -0.25) is 0 Å². The summed E-state index contributed by atoms with van der Waals surface area (Å²) in [6, 6.07) is 3.79. The van der Waals surface area contributed by atoms with Gasteiger partial charge in [-0.1, -0.05) is 0 Å². The zero-order chi connectivity index (χ0) is 9.56. The summed E-state index contributed by atoms with van der Waals surface area (Å²) in [7, 11) is 0. The summed E-state index contributed by atoms with van der Waals surface area (Å²) in [6.45, 7) is 5.40. The average molecular weight is 173 g/mol. The lowest BCUT2D eigenvalue weighted by Gasteiger charge is -1.83. The quantitative estimate of drug-likeness (QED) is 0.708. The van der Waals surface area contributed by atoms with Crippen LogP contribution in [0.5, 0.6) is 0 Å². The zero-order valence-corrected chi connectivity index (χ0v) is 7.80. The van der Waals surface area contributed by atoms with Gasteiger partial charge in [0.15, 0.2) is 0 Å². The number of halogens is 1. The Labute approximate surface area is 72.6 Å². The van der Waals surface area contributed by atoms with Crippen molar-refractivity contribution in [2.75, 3.05) is 0 Å². The van der Waals surface area contributed by atoms with Crippen molar-refractivity contribution < 1.29 is 8.81 Å². The molecule has 0 aliphatic heterocycles. The highest BCUT2D eigenvalue weighted by atomic mass is 19.1.